The van der Waals surface area contributed by atoms with Crippen LogP contribution in [-0.2, 0) is 0 Å². The lowest BCUT2D eigenvalue weighted by atomic mass is 9.58. The molecule has 3 heteroatoms. The van der Waals surface area contributed by atoms with Gasteiger partial charge in [-0.05, 0) is 49.4 Å². The van der Waals surface area contributed by atoms with Gasteiger partial charge in [0.05, 0.1) is 0 Å². The third-order valence-corrected chi connectivity index (χ3v) is 3.38. The summed E-state index contributed by atoms with van der Waals surface area (Å²) in [4.78, 5) is 0. The minimum Gasteiger partial charge on any atom is -0.330 e. The van der Waals surface area contributed by atoms with Crippen LogP contribution in [0.1, 0.15) is 19.3 Å². The molecule has 0 aromatic heterocycles. The summed E-state index contributed by atoms with van der Waals surface area (Å²) >= 11 is 4.24. The van der Waals surface area contributed by atoms with Gasteiger partial charge in [-0.25, -0.2) is 0 Å². The van der Waals surface area contributed by atoms with Crippen molar-refractivity contribution < 1.29 is 0 Å². The maximum absolute atomic E-state index is 5.73. The minimum atomic E-state index is 0.358. The molecule has 0 heterocycles. The molecule has 1 fully saturated rings. The van der Waals surface area contributed by atoms with Crippen LogP contribution in [0.2, 0.25) is 0 Å². The zero-order valence-electron chi connectivity index (χ0n) is 6.92. The highest BCUT2D eigenvalue weighted by Gasteiger charge is 2.43. The summed E-state index contributed by atoms with van der Waals surface area (Å²) in [7, 11) is 0. The van der Waals surface area contributed by atoms with Crippen LogP contribution in [-0.4, -0.2) is 18.8 Å². The molecule has 0 radical (unpaired) electrons. The van der Waals surface area contributed by atoms with E-state index < -0.39 is 0 Å². The van der Waals surface area contributed by atoms with Crippen molar-refractivity contribution >= 4 is 12.6 Å². The standard InChI is InChI=1S/C8H18N2S/c9-5-7-1-2-8(7,6-10)3-4-11/h7,11H,1-6,9-10H2. The molecule has 2 unspecified atom stereocenters. The Bertz CT molecular complexity index is 123. The van der Waals surface area contributed by atoms with Crippen molar-refractivity contribution in [1.82, 2.24) is 0 Å². The van der Waals surface area contributed by atoms with E-state index in [-0.39, 0.29) is 0 Å². The fraction of sp³-hybridized carbons (Fsp3) is 1.00. The molecule has 1 aliphatic rings. The molecule has 2 nitrogen and oxygen atoms in total. The Hall–Kier alpha value is 0.270. The van der Waals surface area contributed by atoms with E-state index in [1.54, 1.807) is 0 Å². The average molecular weight is 174 g/mol. The van der Waals surface area contributed by atoms with E-state index in [4.69, 9.17) is 11.5 Å². The fourth-order valence-corrected chi connectivity index (χ4v) is 2.49. The van der Waals surface area contributed by atoms with Gasteiger partial charge in [-0.3, -0.25) is 0 Å². The van der Waals surface area contributed by atoms with Gasteiger partial charge < -0.3 is 11.5 Å². The number of thiol groups is 1. The van der Waals surface area contributed by atoms with E-state index >= 15 is 0 Å². The van der Waals surface area contributed by atoms with Gasteiger partial charge in [-0.2, -0.15) is 12.6 Å². The number of rotatable bonds is 4. The lowest BCUT2D eigenvalue weighted by Crippen LogP contribution is -2.49. The summed E-state index contributed by atoms with van der Waals surface area (Å²) < 4.78 is 0. The summed E-state index contributed by atoms with van der Waals surface area (Å²) in [6, 6.07) is 0. The number of hydrogen-bond acceptors (Lipinski definition) is 3. The predicted molar refractivity (Wildman–Crippen MR) is 51.7 cm³/mol. The van der Waals surface area contributed by atoms with E-state index in [2.05, 4.69) is 12.6 Å². The van der Waals surface area contributed by atoms with E-state index in [0.717, 1.165) is 25.3 Å². The predicted octanol–water partition coefficient (Wildman–Crippen LogP) is 0.620. The van der Waals surface area contributed by atoms with E-state index in [1.165, 1.54) is 12.8 Å². The van der Waals surface area contributed by atoms with Crippen molar-refractivity contribution in [3.8, 4) is 0 Å². The molecule has 0 saturated heterocycles. The summed E-state index contributed by atoms with van der Waals surface area (Å²) in [5.41, 5.74) is 11.7. The van der Waals surface area contributed by atoms with Crippen LogP contribution in [0.25, 0.3) is 0 Å². The molecule has 1 aliphatic carbocycles. The molecule has 11 heavy (non-hydrogen) atoms. The van der Waals surface area contributed by atoms with Gasteiger partial charge in [-0.15, -0.1) is 0 Å². The van der Waals surface area contributed by atoms with E-state index in [0.29, 0.717) is 11.3 Å². The Balaban J connectivity index is 2.46. The first-order chi connectivity index (χ1) is 5.29. The second-order valence-electron chi connectivity index (χ2n) is 3.51. The highest BCUT2D eigenvalue weighted by molar-refractivity contribution is 7.80. The number of nitrogens with two attached hydrogens (primary N) is 2. The molecular formula is C8H18N2S. The maximum Gasteiger partial charge on any atom is -0.00171 e. The van der Waals surface area contributed by atoms with Crippen molar-refractivity contribution in [2.45, 2.75) is 19.3 Å². The third-order valence-electron chi connectivity index (χ3n) is 3.16. The molecular weight excluding hydrogens is 156 g/mol. The van der Waals surface area contributed by atoms with Crippen LogP contribution < -0.4 is 11.5 Å². The zero-order valence-corrected chi connectivity index (χ0v) is 7.82. The van der Waals surface area contributed by atoms with Gasteiger partial charge in [0.1, 0.15) is 0 Å². The second kappa shape index (κ2) is 3.78. The van der Waals surface area contributed by atoms with Gasteiger partial charge in [0.2, 0.25) is 0 Å². The van der Waals surface area contributed by atoms with Crippen LogP contribution >= 0.6 is 12.6 Å². The highest BCUT2D eigenvalue weighted by Crippen LogP contribution is 2.48. The molecule has 2 atom stereocenters. The lowest BCUT2D eigenvalue weighted by molar-refractivity contribution is 0.0429. The van der Waals surface area contributed by atoms with Crippen molar-refractivity contribution in [3.05, 3.63) is 0 Å². The Kier molecular flexibility index (Phi) is 3.22. The van der Waals surface area contributed by atoms with Crippen molar-refractivity contribution in [2.75, 3.05) is 18.8 Å². The van der Waals surface area contributed by atoms with Crippen LogP contribution in [0.15, 0.2) is 0 Å². The summed E-state index contributed by atoms with van der Waals surface area (Å²) in [6.45, 7) is 1.58. The van der Waals surface area contributed by atoms with Crippen molar-refractivity contribution in [3.63, 3.8) is 0 Å². The van der Waals surface area contributed by atoms with Gasteiger partial charge in [0.25, 0.3) is 0 Å². The Morgan fingerprint density at radius 2 is 2.18 bits per heavy atom. The molecule has 0 spiro atoms. The summed E-state index contributed by atoms with van der Waals surface area (Å²) in [5.74, 6) is 1.60. The normalized spacial score (nSPS) is 36.8. The van der Waals surface area contributed by atoms with Crippen LogP contribution in [0.4, 0.5) is 0 Å². The Morgan fingerprint density at radius 1 is 1.45 bits per heavy atom. The average Bonchev–Trinajstić information content (AvgIpc) is 1.99. The number of hydrogen-bond donors (Lipinski definition) is 3. The molecule has 0 aromatic rings. The first-order valence-corrected chi connectivity index (χ1v) is 4.93. The highest BCUT2D eigenvalue weighted by atomic mass is 32.1. The topological polar surface area (TPSA) is 52.0 Å². The monoisotopic (exact) mass is 174 g/mol. The van der Waals surface area contributed by atoms with Gasteiger partial charge in [0.15, 0.2) is 0 Å². The van der Waals surface area contributed by atoms with Crippen molar-refractivity contribution in [1.29, 1.82) is 0 Å². The maximum atomic E-state index is 5.73. The zero-order chi connectivity index (χ0) is 8.32. The SMILES string of the molecule is NCC1CCC1(CN)CCS. The molecule has 0 bridgehead atoms. The Morgan fingerprint density at radius 3 is 2.45 bits per heavy atom. The molecule has 0 amide bonds. The Labute approximate surface area is 74.1 Å². The lowest BCUT2D eigenvalue weighted by Gasteiger charge is -2.49. The van der Waals surface area contributed by atoms with Crippen LogP contribution in [0, 0.1) is 11.3 Å². The summed E-state index contributed by atoms with van der Waals surface area (Å²) in [6.07, 6.45) is 3.65. The molecule has 0 aliphatic heterocycles. The van der Waals surface area contributed by atoms with Crippen LogP contribution in [0.3, 0.4) is 0 Å². The molecule has 0 aromatic carbocycles. The first kappa shape index (κ1) is 9.36. The van der Waals surface area contributed by atoms with Crippen LogP contribution in [0.5, 0.6) is 0 Å². The smallest absolute Gasteiger partial charge is 0.00171 e. The van der Waals surface area contributed by atoms with E-state index in [9.17, 15) is 0 Å². The minimum absolute atomic E-state index is 0.358. The first-order valence-electron chi connectivity index (χ1n) is 4.30. The molecule has 1 saturated carbocycles. The molecule has 66 valence electrons. The largest absolute Gasteiger partial charge is 0.330 e. The summed E-state index contributed by atoms with van der Waals surface area (Å²) in [5, 5.41) is 0. The second-order valence-corrected chi connectivity index (χ2v) is 3.96. The third kappa shape index (κ3) is 1.55. The van der Waals surface area contributed by atoms with Gasteiger partial charge in [-0.1, -0.05) is 0 Å². The van der Waals surface area contributed by atoms with Gasteiger partial charge >= 0.3 is 0 Å². The fourth-order valence-electron chi connectivity index (χ4n) is 2.05. The quantitative estimate of drug-likeness (QED) is 0.547. The molecule has 1 rings (SSSR count). The van der Waals surface area contributed by atoms with E-state index in [1.807, 2.05) is 0 Å². The van der Waals surface area contributed by atoms with Crippen molar-refractivity contribution in [2.24, 2.45) is 22.8 Å². The molecule has 4 N–H and O–H groups in total. The van der Waals surface area contributed by atoms with Gasteiger partial charge in [0, 0.05) is 0 Å².